The summed E-state index contributed by atoms with van der Waals surface area (Å²) >= 11 is 1.17. The lowest BCUT2D eigenvalue weighted by Crippen LogP contribution is -2.16. The largest absolute Gasteiger partial charge is 0.510 e. The van der Waals surface area contributed by atoms with Gasteiger partial charge in [-0.05, 0) is 20.3 Å². The summed E-state index contributed by atoms with van der Waals surface area (Å²) in [7, 11) is 0. The zero-order valence-corrected chi connectivity index (χ0v) is 8.94. The van der Waals surface area contributed by atoms with Gasteiger partial charge in [-0.3, -0.25) is 4.79 Å². The number of carbonyl (C=O) groups is 1. The van der Waals surface area contributed by atoms with Crippen LogP contribution in [0.4, 0.5) is 0 Å². The number of allylic oxidation sites excluding steroid dienone is 1. The minimum atomic E-state index is -0.531. The molecule has 1 heterocycles. The molecule has 3 heteroatoms. The van der Waals surface area contributed by atoms with Gasteiger partial charge in [0.25, 0.3) is 0 Å². The van der Waals surface area contributed by atoms with E-state index in [1.807, 2.05) is 26.0 Å². The van der Waals surface area contributed by atoms with Crippen LogP contribution in [0.15, 0.2) is 23.5 Å². The average Bonchev–Trinajstić information content (AvgIpc) is 2.28. The highest BCUT2D eigenvalue weighted by atomic mass is 32.2. The fourth-order valence-electron chi connectivity index (χ4n) is 1.24. The number of carbonyl (C=O) groups excluding carboxylic acids is 1. The van der Waals surface area contributed by atoms with Crippen LogP contribution in [-0.4, -0.2) is 15.0 Å². The van der Waals surface area contributed by atoms with E-state index in [1.54, 1.807) is 6.92 Å². The van der Waals surface area contributed by atoms with Crippen molar-refractivity contribution in [3.05, 3.63) is 23.5 Å². The monoisotopic (exact) mass is 198 g/mol. The van der Waals surface area contributed by atoms with Crippen molar-refractivity contribution in [3.8, 4) is 0 Å². The molecule has 1 aliphatic rings. The van der Waals surface area contributed by atoms with Crippen molar-refractivity contribution in [2.24, 2.45) is 0 Å². The van der Waals surface area contributed by atoms with Gasteiger partial charge in [-0.1, -0.05) is 30.8 Å². The van der Waals surface area contributed by atoms with Crippen LogP contribution in [-0.2, 0) is 4.79 Å². The van der Waals surface area contributed by atoms with Gasteiger partial charge in [0.15, 0.2) is 0 Å². The molecule has 1 aliphatic heterocycles. The highest BCUT2D eigenvalue weighted by molar-refractivity contribution is 8.16. The van der Waals surface area contributed by atoms with Gasteiger partial charge in [0, 0.05) is 5.57 Å². The number of thioether (sulfide) groups is 1. The molecular formula is C10H14O2S. The molecule has 0 aromatic carbocycles. The summed E-state index contributed by atoms with van der Waals surface area (Å²) in [4.78, 5) is 11.3. The van der Waals surface area contributed by atoms with Gasteiger partial charge >= 0.3 is 0 Å². The van der Waals surface area contributed by atoms with Crippen molar-refractivity contribution in [3.63, 3.8) is 0 Å². The summed E-state index contributed by atoms with van der Waals surface area (Å²) in [6.07, 6.45) is 4.77. The van der Waals surface area contributed by atoms with Crippen molar-refractivity contribution in [1.29, 1.82) is 0 Å². The average molecular weight is 198 g/mol. The van der Waals surface area contributed by atoms with Gasteiger partial charge in [-0.15, -0.1) is 0 Å². The Morgan fingerprint density at radius 1 is 1.62 bits per heavy atom. The Balaban J connectivity index is 2.96. The van der Waals surface area contributed by atoms with E-state index < -0.39 is 4.75 Å². The van der Waals surface area contributed by atoms with E-state index in [0.717, 1.165) is 6.42 Å². The summed E-state index contributed by atoms with van der Waals surface area (Å²) < 4.78 is -0.531. The first-order chi connectivity index (χ1) is 6.01. The second-order valence-electron chi connectivity index (χ2n) is 3.28. The summed E-state index contributed by atoms with van der Waals surface area (Å²) in [6, 6.07) is 0. The Hall–Kier alpha value is -0.700. The van der Waals surface area contributed by atoms with Crippen LogP contribution in [0.1, 0.15) is 27.2 Å². The molecule has 1 rings (SSSR count). The van der Waals surface area contributed by atoms with E-state index in [-0.39, 0.29) is 10.9 Å². The number of aliphatic hydroxyl groups is 1. The van der Waals surface area contributed by atoms with E-state index in [2.05, 4.69) is 0 Å². The molecule has 0 bridgehead atoms. The van der Waals surface area contributed by atoms with Gasteiger partial charge < -0.3 is 5.11 Å². The molecule has 0 spiro atoms. The Labute approximate surface area is 82.7 Å². The zero-order valence-electron chi connectivity index (χ0n) is 8.13. The van der Waals surface area contributed by atoms with Crippen LogP contribution < -0.4 is 0 Å². The molecule has 0 saturated heterocycles. The first kappa shape index (κ1) is 10.4. The summed E-state index contributed by atoms with van der Waals surface area (Å²) in [5.74, 6) is 0.201. The third kappa shape index (κ3) is 1.80. The maximum atomic E-state index is 11.3. The quantitative estimate of drug-likeness (QED) is 0.693. The fourth-order valence-corrected chi connectivity index (χ4v) is 2.29. The predicted molar refractivity (Wildman–Crippen MR) is 55.8 cm³/mol. The molecule has 0 aliphatic carbocycles. The number of hydrogen-bond acceptors (Lipinski definition) is 3. The molecule has 1 atom stereocenters. The molecule has 0 fully saturated rings. The van der Waals surface area contributed by atoms with Crippen molar-refractivity contribution in [2.75, 3.05) is 0 Å². The minimum absolute atomic E-state index is 0.0271. The maximum absolute atomic E-state index is 11.3. The van der Waals surface area contributed by atoms with Crippen molar-refractivity contribution < 1.29 is 9.90 Å². The topological polar surface area (TPSA) is 37.3 Å². The van der Waals surface area contributed by atoms with Gasteiger partial charge in [0.05, 0.1) is 4.75 Å². The molecule has 0 amide bonds. The first-order valence-corrected chi connectivity index (χ1v) is 5.14. The SMILES string of the molecule is CCC=C[C@@]1(C)SC(=O)C(C)=C1O. The molecule has 1 N–H and O–H groups in total. The van der Waals surface area contributed by atoms with E-state index in [1.165, 1.54) is 11.8 Å². The third-order valence-corrected chi connectivity index (χ3v) is 3.35. The molecule has 72 valence electrons. The van der Waals surface area contributed by atoms with E-state index in [4.69, 9.17) is 0 Å². The number of hydrogen-bond donors (Lipinski definition) is 1. The van der Waals surface area contributed by atoms with Crippen molar-refractivity contribution in [1.82, 2.24) is 0 Å². The second-order valence-corrected chi connectivity index (χ2v) is 4.70. The van der Waals surface area contributed by atoms with Crippen LogP contribution in [0.3, 0.4) is 0 Å². The van der Waals surface area contributed by atoms with Gasteiger partial charge in [-0.2, -0.15) is 0 Å². The normalized spacial score (nSPS) is 29.3. The van der Waals surface area contributed by atoms with Crippen molar-refractivity contribution >= 4 is 16.9 Å². The Morgan fingerprint density at radius 2 is 2.23 bits per heavy atom. The van der Waals surface area contributed by atoms with Gasteiger partial charge in [0.1, 0.15) is 5.76 Å². The predicted octanol–water partition coefficient (Wildman–Crippen LogP) is 2.82. The highest BCUT2D eigenvalue weighted by Crippen LogP contribution is 2.43. The van der Waals surface area contributed by atoms with Gasteiger partial charge in [0.2, 0.25) is 5.12 Å². The van der Waals surface area contributed by atoms with Crippen LogP contribution >= 0.6 is 11.8 Å². The van der Waals surface area contributed by atoms with E-state index >= 15 is 0 Å². The first-order valence-electron chi connectivity index (χ1n) is 4.32. The Bertz CT molecular complexity index is 291. The Kier molecular flexibility index (Phi) is 2.86. The van der Waals surface area contributed by atoms with E-state index in [0.29, 0.717) is 5.57 Å². The van der Waals surface area contributed by atoms with Crippen LogP contribution in [0, 0.1) is 0 Å². The zero-order chi connectivity index (χ0) is 10.1. The number of rotatable bonds is 2. The fraction of sp³-hybridized carbons (Fsp3) is 0.500. The highest BCUT2D eigenvalue weighted by Gasteiger charge is 2.39. The lowest BCUT2D eigenvalue weighted by Gasteiger charge is -2.17. The molecule has 13 heavy (non-hydrogen) atoms. The molecular weight excluding hydrogens is 184 g/mol. The Morgan fingerprint density at radius 3 is 2.62 bits per heavy atom. The van der Waals surface area contributed by atoms with Crippen LogP contribution in [0.25, 0.3) is 0 Å². The van der Waals surface area contributed by atoms with Crippen molar-refractivity contribution in [2.45, 2.75) is 31.9 Å². The standard InChI is InChI=1S/C10H14O2S/c1-4-5-6-10(3)8(11)7(2)9(12)13-10/h5-6,11H,4H2,1-3H3/t10-/m1/s1. The van der Waals surface area contributed by atoms with Gasteiger partial charge in [-0.25, -0.2) is 0 Å². The smallest absolute Gasteiger partial charge is 0.219 e. The maximum Gasteiger partial charge on any atom is 0.219 e. The molecule has 2 nitrogen and oxygen atoms in total. The van der Waals surface area contributed by atoms with E-state index in [9.17, 15) is 9.90 Å². The number of aliphatic hydroxyl groups excluding tert-OH is 1. The lowest BCUT2D eigenvalue weighted by molar-refractivity contribution is -0.107. The molecule has 0 aromatic rings. The molecule has 0 saturated carbocycles. The molecule has 0 radical (unpaired) electrons. The summed E-state index contributed by atoms with van der Waals surface area (Å²) in [5, 5.41) is 9.67. The van der Waals surface area contributed by atoms with Crippen LogP contribution in [0.5, 0.6) is 0 Å². The summed E-state index contributed by atoms with van der Waals surface area (Å²) in [5.41, 5.74) is 0.480. The van der Waals surface area contributed by atoms with Crippen LogP contribution in [0.2, 0.25) is 0 Å². The molecule has 0 aromatic heterocycles. The third-order valence-electron chi connectivity index (χ3n) is 2.11. The summed E-state index contributed by atoms with van der Waals surface area (Å²) in [6.45, 7) is 5.54. The lowest BCUT2D eigenvalue weighted by atomic mass is 10.0. The molecule has 0 unspecified atom stereocenters. The minimum Gasteiger partial charge on any atom is -0.510 e. The second kappa shape index (κ2) is 3.58.